The van der Waals surface area contributed by atoms with Gasteiger partial charge in [-0.3, -0.25) is 4.72 Å². The van der Waals surface area contributed by atoms with Crippen LogP contribution in [0.15, 0.2) is 30.5 Å². The van der Waals surface area contributed by atoms with Gasteiger partial charge in [0.1, 0.15) is 5.82 Å². The van der Waals surface area contributed by atoms with Gasteiger partial charge in [-0.15, -0.1) is 0 Å². The molecule has 1 aromatic heterocycles. The minimum atomic E-state index is -3.26. The Kier molecular flexibility index (Phi) is 4.42. The van der Waals surface area contributed by atoms with E-state index in [2.05, 4.69) is 20.0 Å². The van der Waals surface area contributed by atoms with E-state index in [1.165, 1.54) is 0 Å². The molecule has 0 aliphatic rings. The highest BCUT2D eigenvalue weighted by Gasteiger charge is 2.05. The first-order valence-electron chi connectivity index (χ1n) is 6.44. The second kappa shape index (κ2) is 6.09. The Balaban J connectivity index is 2.07. The number of aryl methyl sites for hydroxylation is 2. The van der Waals surface area contributed by atoms with Crippen molar-refractivity contribution in [3.05, 3.63) is 47.5 Å². The van der Waals surface area contributed by atoms with E-state index in [4.69, 9.17) is 0 Å². The number of aromatic nitrogens is 2. The molecule has 0 radical (unpaired) electrons. The van der Waals surface area contributed by atoms with Gasteiger partial charge in [-0.05, 0) is 43.7 Å². The number of sulfonamides is 1. The number of nitrogens with one attached hydrogen (secondary N) is 2. The molecule has 1 aromatic carbocycles. The molecule has 21 heavy (non-hydrogen) atoms. The van der Waals surface area contributed by atoms with Crippen LogP contribution < -0.4 is 10.0 Å². The van der Waals surface area contributed by atoms with Gasteiger partial charge in [-0.2, -0.15) is 0 Å². The number of rotatable bonds is 5. The Hall–Kier alpha value is -2.15. The molecule has 0 saturated heterocycles. The van der Waals surface area contributed by atoms with Crippen molar-refractivity contribution >= 4 is 21.4 Å². The van der Waals surface area contributed by atoms with Gasteiger partial charge in [0.25, 0.3) is 0 Å². The van der Waals surface area contributed by atoms with Crippen LogP contribution in [0, 0.1) is 13.8 Å². The number of benzene rings is 1. The third-order valence-electron chi connectivity index (χ3n) is 2.83. The van der Waals surface area contributed by atoms with Crippen LogP contribution in [0.4, 0.5) is 11.4 Å². The summed E-state index contributed by atoms with van der Waals surface area (Å²) in [7, 11) is -3.26. The Bertz CT molecular complexity index is 744. The Morgan fingerprint density at radius 2 is 1.95 bits per heavy atom. The first-order chi connectivity index (χ1) is 9.83. The van der Waals surface area contributed by atoms with Crippen molar-refractivity contribution in [1.29, 1.82) is 0 Å². The van der Waals surface area contributed by atoms with Crippen LogP contribution in [0.25, 0.3) is 0 Å². The Morgan fingerprint density at radius 1 is 1.19 bits per heavy atom. The molecule has 112 valence electrons. The molecular weight excluding hydrogens is 288 g/mol. The van der Waals surface area contributed by atoms with E-state index < -0.39 is 10.0 Å². The van der Waals surface area contributed by atoms with Crippen LogP contribution in [-0.4, -0.2) is 24.6 Å². The zero-order chi connectivity index (χ0) is 15.5. The van der Waals surface area contributed by atoms with E-state index in [-0.39, 0.29) is 0 Å². The van der Waals surface area contributed by atoms with Gasteiger partial charge in [-0.1, -0.05) is 0 Å². The average Bonchev–Trinajstić information content (AvgIpc) is 2.38. The van der Waals surface area contributed by atoms with Crippen LogP contribution in [0.2, 0.25) is 0 Å². The first kappa shape index (κ1) is 15.2. The van der Waals surface area contributed by atoms with E-state index in [1.54, 1.807) is 12.3 Å². The van der Waals surface area contributed by atoms with Gasteiger partial charge in [0.2, 0.25) is 10.0 Å². The van der Waals surface area contributed by atoms with E-state index >= 15 is 0 Å². The van der Waals surface area contributed by atoms with Crippen LogP contribution in [-0.2, 0) is 16.6 Å². The maximum atomic E-state index is 11.2. The van der Waals surface area contributed by atoms with Crippen molar-refractivity contribution in [2.45, 2.75) is 20.4 Å². The van der Waals surface area contributed by atoms with Gasteiger partial charge in [-0.25, -0.2) is 18.4 Å². The quantitative estimate of drug-likeness (QED) is 0.883. The fourth-order valence-electron chi connectivity index (χ4n) is 1.88. The molecule has 0 aliphatic heterocycles. The molecule has 6 nitrogen and oxygen atoms in total. The fourth-order valence-corrected chi connectivity index (χ4v) is 2.51. The minimum absolute atomic E-state index is 0.584. The summed E-state index contributed by atoms with van der Waals surface area (Å²) < 4.78 is 25.0. The second-order valence-corrected chi connectivity index (χ2v) is 6.60. The molecule has 0 amide bonds. The SMILES string of the molecule is Cc1nccc(CNc2ccc(NS(C)(=O)=O)c(C)c2)n1. The highest BCUT2D eigenvalue weighted by Crippen LogP contribution is 2.20. The predicted molar refractivity (Wildman–Crippen MR) is 83.7 cm³/mol. The van der Waals surface area contributed by atoms with Crippen molar-refractivity contribution in [2.75, 3.05) is 16.3 Å². The topological polar surface area (TPSA) is 84.0 Å². The maximum Gasteiger partial charge on any atom is 0.229 e. The van der Waals surface area contributed by atoms with Gasteiger partial charge < -0.3 is 5.32 Å². The maximum absolute atomic E-state index is 11.2. The number of hydrogen-bond acceptors (Lipinski definition) is 5. The molecule has 0 aliphatic carbocycles. The molecule has 0 spiro atoms. The number of nitrogens with zero attached hydrogens (tertiary/aromatic N) is 2. The lowest BCUT2D eigenvalue weighted by Gasteiger charge is -2.11. The lowest BCUT2D eigenvalue weighted by atomic mass is 10.2. The predicted octanol–water partition coefficient (Wildman–Crippen LogP) is 2.08. The highest BCUT2D eigenvalue weighted by atomic mass is 32.2. The largest absolute Gasteiger partial charge is 0.379 e. The van der Waals surface area contributed by atoms with Crippen molar-refractivity contribution in [3.8, 4) is 0 Å². The van der Waals surface area contributed by atoms with Crippen LogP contribution in [0.3, 0.4) is 0 Å². The van der Waals surface area contributed by atoms with E-state index in [1.807, 2.05) is 32.0 Å². The summed E-state index contributed by atoms with van der Waals surface area (Å²) in [4.78, 5) is 8.36. The molecule has 0 unspecified atom stereocenters. The highest BCUT2D eigenvalue weighted by molar-refractivity contribution is 7.92. The third-order valence-corrected chi connectivity index (χ3v) is 3.42. The average molecular weight is 306 g/mol. The summed E-state index contributed by atoms with van der Waals surface area (Å²) in [6.07, 6.45) is 2.86. The van der Waals surface area contributed by atoms with Crippen molar-refractivity contribution < 1.29 is 8.42 Å². The Morgan fingerprint density at radius 3 is 2.57 bits per heavy atom. The zero-order valence-corrected chi connectivity index (χ0v) is 13.0. The summed E-state index contributed by atoms with van der Waals surface area (Å²) in [6.45, 7) is 4.29. The van der Waals surface area contributed by atoms with Gasteiger partial charge in [0.15, 0.2) is 0 Å². The Labute approximate surface area is 124 Å². The second-order valence-electron chi connectivity index (χ2n) is 4.85. The normalized spacial score (nSPS) is 11.2. The summed E-state index contributed by atoms with van der Waals surface area (Å²) >= 11 is 0. The van der Waals surface area contributed by atoms with E-state index in [9.17, 15) is 8.42 Å². The molecule has 0 fully saturated rings. The molecule has 1 heterocycles. The van der Waals surface area contributed by atoms with Crippen LogP contribution >= 0.6 is 0 Å². The summed E-state index contributed by atoms with van der Waals surface area (Å²) in [5.74, 6) is 0.734. The lowest BCUT2D eigenvalue weighted by molar-refractivity contribution is 0.607. The molecule has 2 rings (SSSR count). The molecule has 0 saturated carbocycles. The van der Waals surface area contributed by atoms with Gasteiger partial charge >= 0.3 is 0 Å². The van der Waals surface area contributed by atoms with E-state index in [0.717, 1.165) is 29.0 Å². The standard InChI is InChI=1S/C14H18N4O2S/c1-10-8-12(4-5-14(10)18-21(3,19)20)16-9-13-6-7-15-11(2)17-13/h4-8,16,18H,9H2,1-3H3. The summed E-state index contributed by atoms with van der Waals surface area (Å²) in [5.41, 5.74) is 3.24. The molecule has 0 atom stereocenters. The van der Waals surface area contributed by atoms with E-state index in [0.29, 0.717) is 12.2 Å². The first-order valence-corrected chi connectivity index (χ1v) is 8.33. The monoisotopic (exact) mass is 306 g/mol. The van der Waals surface area contributed by atoms with Crippen LogP contribution in [0.5, 0.6) is 0 Å². The fraction of sp³-hybridized carbons (Fsp3) is 0.286. The molecule has 0 bridgehead atoms. The molecule has 2 aromatic rings. The van der Waals surface area contributed by atoms with Crippen molar-refractivity contribution in [2.24, 2.45) is 0 Å². The zero-order valence-electron chi connectivity index (χ0n) is 12.2. The third kappa shape index (κ3) is 4.71. The summed E-state index contributed by atoms with van der Waals surface area (Å²) in [5, 5.41) is 3.25. The van der Waals surface area contributed by atoms with Crippen LogP contribution in [0.1, 0.15) is 17.1 Å². The molecule has 7 heteroatoms. The minimum Gasteiger partial charge on any atom is -0.379 e. The number of anilines is 2. The van der Waals surface area contributed by atoms with Crippen molar-refractivity contribution in [1.82, 2.24) is 9.97 Å². The smallest absolute Gasteiger partial charge is 0.229 e. The van der Waals surface area contributed by atoms with Crippen molar-refractivity contribution in [3.63, 3.8) is 0 Å². The summed E-state index contributed by atoms with van der Waals surface area (Å²) in [6, 6.07) is 7.31. The lowest BCUT2D eigenvalue weighted by Crippen LogP contribution is -2.11. The van der Waals surface area contributed by atoms with Gasteiger partial charge in [0, 0.05) is 11.9 Å². The number of hydrogen-bond donors (Lipinski definition) is 2. The molecular formula is C14H18N4O2S. The van der Waals surface area contributed by atoms with Gasteiger partial charge in [0.05, 0.1) is 24.2 Å². The molecule has 2 N–H and O–H groups in total.